The molecular weight excluding hydrogens is 198 g/mol. The van der Waals surface area contributed by atoms with Gasteiger partial charge in [0, 0.05) is 6.20 Å². The zero-order valence-corrected chi connectivity index (χ0v) is 6.95. The van der Waals surface area contributed by atoms with E-state index in [1.807, 2.05) is 0 Å². The zero-order valence-electron chi connectivity index (χ0n) is 6.19. The van der Waals surface area contributed by atoms with Crippen molar-refractivity contribution in [1.82, 2.24) is 4.98 Å². The molecule has 0 aromatic carbocycles. The van der Waals surface area contributed by atoms with Gasteiger partial charge in [0.05, 0.1) is 10.6 Å². The van der Waals surface area contributed by atoms with Crippen molar-refractivity contribution < 1.29 is 19.8 Å². The van der Waals surface area contributed by atoms with Crippen LogP contribution in [-0.4, -0.2) is 27.1 Å². The summed E-state index contributed by atoms with van der Waals surface area (Å²) in [5.41, 5.74) is -0.498. The first-order valence-electron chi connectivity index (χ1n) is 3.14. The Morgan fingerprint density at radius 1 is 1.31 bits per heavy atom. The number of hydrogen-bond acceptors (Lipinski definition) is 3. The molecule has 1 heterocycles. The second-order valence-corrected chi connectivity index (χ2v) is 2.57. The van der Waals surface area contributed by atoms with Crippen LogP contribution in [-0.2, 0) is 0 Å². The molecule has 0 aliphatic rings. The third kappa shape index (κ3) is 1.94. The Labute approximate surface area is 77.6 Å². The Bertz CT molecular complexity index is 377. The van der Waals surface area contributed by atoms with E-state index in [0.717, 1.165) is 12.3 Å². The second-order valence-electron chi connectivity index (χ2n) is 2.16. The molecule has 1 aromatic rings. The van der Waals surface area contributed by atoms with Gasteiger partial charge in [0.15, 0.2) is 0 Å². The molecule has 0 amide bonds. The summed E-state index contributed by atoms with van der Waals surface area (Å²) in [5, 5.41) is 16.9. The van der Waals surface area contributed by atoms with Crippen LogP contribution in [0.1, 0.15) is 20.8 Å². The van der Waals surface area contributed by atoms with Gasteiger partial charge in [-0.2, -0.15) is 0 Å². The number of pyridine rings is 1. The van der Waals surface area contributed by atoms with Gasteiger partial charge in [-0.1, -0.05) is 11.6 Å². The lowest BCUT2D eigenvalue weighted by Crippen LogP contribution is -2.04. The minimum absolute atomic E-state index is 0.139. The number of carbonyl (C=O) groups is 2. The zero-order chi connectivity index (χ0) is 10.0. The van der Waals surface area contributed by atoms with Crippen LogP contribution in [0.4, 0.5) is 0 Å². The molecule has 0 unspecified atom stereocenters. The van der Waals surface area contributed by atoms with Gasteiger partial charge < -0.3 is 10.2 Å². The normalized spacial score (nSPS) is 9.62. The highest BCUT2D eigenvalue weighted by molar-refractivity contribution is 6.33. The van der Waals surface area contributed by atoms with Crippen molar-refractivity contribution in [1.29, 1.82) is 0 Å². The summed E-state index contributed by atoms with van der Waals surface area (Å²) < 4.78 is 0. The van der Waals surface area contributed by atoms with E-state index in [2.05, 4.69) is 4.98 Å². The molecule has 0 bridgehead atoms. The van der Waals surface area contributed by atoms with Gasteiger partial charge in [-0.25, -0.2) is 14.6 Å². The highest BCUT2D eigenvalue weighted by atomic mass is 35.5. The first kappa shape index (κ1) is 9.47. The topological polar surface area (TPSA) is 87.5 Å². The van der Waals surface area contributed by atoms with E-state index in [-0.39, 0.29) is 16.3 Å². The maximum absolute atomic E-state index is 10.4. The summed E-state index contributed by atoms with van der Waals surface area (Å²) in [5.74, 6) is -2.49. The molecule has 5 nitrogen and oxygen atoms in total. The van der Waals surface area contributed by atoms with Crippen molar-refractivity contribution in [2.75, 3.05) is 0 Å². The van der Waals surface area contributed by atoms with Gasteiger partial charge in [0.2, 0.25) is 0 Å². The van der Waals surface area contributed by atoms with Crippen LogP contribution in [0.3, 0.4) is 0 Å². The van der Waals surface area contributed by atoms with Crippen molar-refractivity contribution in [2.45, 2.75) is 0 Å². The largest absolute Gasteiger partial charge is 0.478 e. The standard InChI is InChI=1S/C7H4ClNO4/c8-4-1-5(7(12)13)9-2-3(4)6(10)11/h1-2H,(H,10,11)(H,12,13). The number of hydrogen-bond donors (Lipinski definition) is 2. The fourth-order valence-electron chi connectivity index (χ4n) is 0.705. The van der Waals surface area contributed by atoms with E-state index in [0.29, 0.717) is 0 Å². The molecule has 1 aromatic heterocycles. The second kappa shape index (κ2) is 3.40. The van der Waals surface area contributed by atoms with Crippen LogP contribution in [0.15, 0.2) is 12.3 Å². The van der Waals surface area contributed by atoms with Gasteiger partial charge in [-0.3, -0.25) is 0 Å². The van der Waals surface area contributed by atoms with E-state index < -0.39 is 11.9 Å². The minimum Gasteiger partial charge on any atom is -0.478 e. The SMILES string of the molecule is O=C(O)c1cc(Cl)c(C(=O)O)cn1. The summed E-state index contributed by atoms with van der Waals surface area (Å²) in [6.45, 7) is 0. The average molecular weight is 202 g/mol. The van der Waals surface area contributed by atoms with Gasteiger partial charge in [-0.05, 0) is 6.07 Å². The quantitative estimate of drug-likeness (QED) is 0.749. The van der Waals surface area contributed by atoms with E-state index in [1.54, 1.807) is 0 Å². The van der Waals surface area contributed by atoms with E-state index in [9.17, 15) is 9.59 Å². The highest BCUT2D eigenvalue weighted by Gasteiger charge is 2.12. The maximum Gasteiger partial charge on any atom is 0.354 e. The number of carboxylic acid groups (broad SMARTS) is 2. The molecule has 0 saturated heterocycles. The number of nitrogens with zero attached hydrogens (tertiary/aromatic N) is 1. The van der Waals surface area contributed by atoms with Crippen LogP contribution in [0.25, 0.3) is 0 Å². The molecule has 0 radical (unpaired) electrons. The Kier molecular flexibility index (Phi) is 2.48. The average Bonchev–Trinajstić information content (AvgIpc) is 2.03. The molecule has 0 fully saturated rings. The molecule has 68 valence electrons. The van der Waals surface area contributed by atoms with Crippen molar-refractivity contribution in [3.05, 3.63) is 28.5 Å². The van der Waals surface area contributed by atoms with Crippen LogP contribution >= 0.6 is 11.6 Å². The number of rotatable bonds is 2. The van der Waals surface area contributed by atoms with Crippen molar-refractivity contribution in [3.8, 4) is 0 Å². The fraction of sp³-hybridized carbons (Fsp3) is 0. The lowest BCUT2D eigenvalue weighted by atomic mass is 10.2. The van der Waals surface area contributed by atoms with Gasteiger partial charge in [0.1, 0.15) is 5.69 Å². The summed E-state index contributed by atoms with van der Waals surface area (Å²) >= 11 is 5.48. The molecule has 0 atom stereocenters. The Balaban J connectivity index is 3.20. The van der Waals surface area contributed by atoms with E-state index in [4.69, 9.17) is 21.8 Å². The number of aromatic carboxylic acids is 2. The Morgan fingerprint density at radius 2 is 1.92 bits per heavy atom. The molecule has 1 rings (SSSR count). The van der Waals surface area contributed by atoms with Crippen LogP contribution in [0.5, 0.6) is 0 Å². The van der Waals surface area contributed by atoms with Crippen LogP contribution < -0.4 is 0 Å². The lowest BCUT2D eigenvalue weighted by molar-refractivity contribution is 0.0676. The Morgan fingerprint density at radius 3 is 2.31 bits per heavy atom. The van der Waals surface area contributed by atoms with E-state index >= 15 is 0 Å². The maximum atomic E-state index is 10.4. The molecule has 2 N–H and O–H groups in total. The molecule has 6 heteroatoms. The summed E-state index contributed by atoms with van der Waals surface area (Å²) in [6.07, 6.45) is 0.911. The van der Waals surface area contributed by atoms with Crippen molar-refractivity contribution in [2.24, 2.45) is 0 Å². The molecule has 0 aliphatic carbocycles. The predicted molar refractivity (Wildman–Crippen MR) is 43.2 cm³/mol. The predicted octanol–water partition coefficient (Wildman–Crippen LogP) is 1.13. The van der Waals surface area contributed by atoms with Gasteiger partial charge >= 0.3 is 11.9 Å². The third-order valence-corrected chi connectivity index (χ3v) is 1.62. The number of halogens is 1. The fourth-order valence-corrected chi connectivity index (χ4v) is 0.938. The summed E-state index contributed by atoms with van der Waals surface area (Å²) in [6, 6.07) is 0.993. The first-order valence-corrected chi connectivity index (χ1v) is 3.52. The molecule has 0 aliphatic heterocycles. The number of carboxylic acids is 2. The van der Waals surface area contributed by atoms with Gasteiger partial charge in [-0.15, -0.1) is 0 Å². The summed E-state index contributed by atoms with van der Waals surface area (Å²) in [4.78, 5) is 24.2. The molecule has 0 saturated carbocycles. The van der Waals surface area contributed by atoms with Gasteiger partial charge in [0.25, 0.3) is 0 Å². The van der Waals surface area contributed by atoms with Crippen molar-refractivity contribution >= 4 is 23.5 Å². The van der Waals surface area contributed by atoms with E-state index in [1.165, 1.54) is 0 Å². The summed E-state index contributed by atoms with van der Waals surface area (Å²) in [7, 11) is 0. The molecule has 0 spiro atoms. The highest BCUT2D eigenvalue weighted by Crippen LogP contribution is 2.15. The Hall–Kier alpha value is -1.62. The van der Waals surface area contributed by atoms with Crippen LogP contribution in [0.2, 0.25) is 5.02 Å². The smallest absolute Gasteiger partial charge is 0.354 e. The third-order valence-electron chi connectivity index (χ3n) is 1.30. The number of aromatic nitrogens is 1. The lowest BCUT2D eigenvalue weighted by Gasteiger charge is -1.98. The van der Waals surface area contributed by atoms with Crippen LogP contribution in [0, 0.1) is 0 Å². The molecule has 13 heavy (non-hydrogen) atoms. The monoisotopic (exact) mass is 201 g/mol. The molecular formula is C7H4ClNO4. The first-order chi connectivity index (χ1) is 6.02. The van der Waals surface area contributed by atoms with Crippen molar-refractivity contribution in [3.63, 3.8) is 0 Å². The minimum atomic E-state index is -1.25.